The van der Waals surface area contributed by atoms with E-state index in [1.165, 1.54) is 32.1 Å². The van der Waals surface area contributed by atoms with Gasteiger partial charge in [-0.05, 0) is 31.9 Å². The maximum absolute atomic E-state index is 6.03. The summed E-state index contributed by atoms with van der Waals surface area (Å²) in [5.41, 5.74) is 7.86. The molecule has 1 aliphatic rings. The first-order chi connectivity index (χ1) is 9.16. The average Bonchev–Trinajstić information content (AvgIpc) is 2.40. The fourth-order valence-electron chi connectivity index (χ4n) is 2.85. The molecule has 2 aromatic rings. The minimum absolute atomic E-state index is 0.101. The van der Waals surface area contributed by atoms with Crippen molar-refractivity contribution in [2.75, 3.05) is 11.1 Å². The summed E-state index contributed by atoms with van der Waals surface area (Å²) in [7, 11) is 0. The first-order valence-corrected chi connectivity index (χ1v) is 6.97. The Labute approximate surface area is 113 Å². The number of nitrogens with zero attached hydrogens (tertiary/aromatic N) is 2. The third-order valence-corrected chi connectivity index (χ3v) is 3.97. The molecule has 0 bridgehead atoms. The predicted octanol–water partition coefficient (Wildman–Crippen LogP) is 3.35. The molecule has 1 heterocycles. The maximum atomic E-state index is 6.03. The van der Waals surface area contributed by atoms with Crippen molar-refractivity contribution >= 4 is 22.7 Å². The van der Waals surface area contributed by atoms with Gasteiger partial charge in [-0.25, -0.2) is 9.97 Å². The standard InChI is InChI=1S/C15H20N4/c1-15(9-5-2-6-10-15)19-14-13(16)17-11-7-3-4-8-12(11)18-14/h3-4,7-8H,2,5-6,9-10H2,1H3,(H2,16,17)(H,18,19). The normalized spacial score (nSPS) is 18.4. The van der Waals surface area contributed by atoms with Gasteiger partial charge in [0.25, 0.3) is 0 Å². The zero-order chi connectivity index (χ0) is 13.3. The molecule has 3 rings (SSSR count). The van der Waals surface area contributed by atoms with Crippen LogP contribution in [0.3, 0.4) is 0 Å². The molecule has 1 aromatic carbocycles. The molecular weight excluding hydrogens is 236 g/mol. The molecule has 1 saturated carbocycles. The number of hydrogen-bond donors (Lipinski definition) is 2. The van der Waals surface area contributed by atoms with E-state index in [0.717, 1.165) is 16.9 Å². The quantitative estimate of drug-likeness (QED) is 0.865. The van der Waals surface area contributed by atoms with Crippen molar-refractivity contribution in [1.82, 2.24) is 9.97 Å². The van der Waals surface area contributed by atoms with Crippen LogP contribution in [0.4, 0.5) is 11.6 Å². The number of nitrogen functional groups attached to an aromatic ring is 1. The smallest absolute Gasteiger partial charge is 0.169 e. The SMILES string of the molecule is CC1(Nc2nc3ccccc3nc2N)CCCCC1. The van der Waals surface area contributed by atoms with Crippen LogP contribution in [0.15, 0.2) is 24.3 Å². The summed E-state index contributed by atoms with van der Waals surface area (Å²) in [5.74, 6) is 1.22. The fraction of sp³-hybridized carbons (Fsp3) is 0.467. The van der Waals surface area contributed by atoms with Gasteiger partial charge in [0.15, 0.2) is 11.6 Å². The van der Waals surface area contributed by atoms with Crippen LogP contribution in [0, 0.1) is 0 Å². The second-order valence-electron chi connectivity index (χ2n) is 5.69. The largest absolute Gasteiger partial charge is 0.381 e. The number of benzene rings is 1. The first-order valence-electron chi connectivity index (χ1n) is 6.97. The fourth-order valence-corrected chi connectivity index (χ4v) is 2.85. The summed E-state index contributed by atoms with van der Waals surface area (Å²) in [5, 5.41) is 3.52. The zero-order valence-corrected chi connectivity index (χ0v) is 11.3. The van der Waals surface area contributed by atoms with Crippen LogP contribution in [-0.2, 0) is 0 Å². The molecule has 0 atom stereocenters. The van der Waals surface area contributed by atoms with Gasteiger partial charge in [0.2, 0.25) is 0 Å². The third kappa shape index (κ3) is 2.48. The average molecular weight is 256 g/mol. The van der Waals surface area contributed by atoms with Crippen molar-refractivity contribution in [3.05, 3.63) is 24.3 Å². The molecular formula is C15H20N4. The number of anilines is 2. The molecule has 0 saturated heterocycles. The van der Waals surface area contributed by atoms with E-state index < -0.39 is 0 Å². The molecule has 0 amide bonds. The van der Waals surface area contributed by atoms with Gasteiger partial charge in [0.1, 0.15) is 0 Å². The Balaban J connectivity index is 1.93. The van der Waals surface area contributed by atoms with Crippen LogP contribution < -0.4 is 11.1 Å². The highest BCUT2D eigenvalue weighted by atomic mass is 15.1. The lowest BCUT2D eigenvalue weighted by molar-refractivity contribution is 0.348. The van der Waals surface area contributed by atoms with Crippen molar-refractivity contribution in [1.29, 1.82) is 0 Å². The molecule has 3 N–H and O–H groups in total. The van der Waals surface area contributed by atoms with Gasteiger partial charge in [0.05, 0.1) is 11.0 Å². The number of hydrogen-bond acceptors (Lipinski definition) is 4. The number of fused-ring (bicyclic) bond motifs is 1. The third-order valence-electron chi connectivity index (χ3n) is 3.97. The summed E-state index contributed by atoms with van der Waals surface area (Å²) in [6, 6.07) is 7.83. The van der Waals surface area contributed by atoms with Gasteiger partial charge in [-0.3, -0.25) is 0 Å². The highest BCUT2D eigenvalue weighted by Crippen LogP contribution is 2.32. The molecule has 100 valence electrons. The van der Waals surface area contributed by atoms with E-state index in [1.807, 2.05) is 24.3 Å². The van der Waals surface area contributed by atoms with Gasteiger partial charge >= 0.3 is 0 Å². The van der Waals surface area contributed by atoms with Crippen LogP contribution in [0.25, 0.3) is 11.0 Å². The Morgan fingerprint density at radius 3 is 2.37 bits per heavy atom. The number of nitrogens with two attached hydrogens (primary N) is 1. The molecule has 1 aliphatic carbocycles. The van der Waals surface area contributed by atoms with Crippen LogP contribution in [0.5, 0.6) is 0 Å². The van der Waals surface area contributed by atoms with E-state index in [2.05, 4.69) is 22.2 Å². The van der Waals surface area contributed by atoms with Gasteiger partial charge in [-0.2, -0.15) is 0 Å². The molecule has 0 unspecified atom stereocenters. The van der Waals surface area contributed by atoms with Gasteiger partial charge in [-0.1, -0.05) is 31.4 Å². The Hall–Kier alpha value is -1.84. The Morgan fingerprint density at radius 1 is 1.05 bits per heavy atom. The van der Waals surface area contributed by atoms with Crippen LogP contribution in [-0.4, -0.2) is 15.5 Å². The molecule has 1 aromatic heterocycles. The molecule has 0 spiro atoms. The highest BCUT2D eigenvalue weighted by molar-refractivity contribution is 5.79. The lowest BCUT2D eigenvalue weighted by Crippen LogP contribution is -2.37. The van der Waals surface area contributed by atoms with E-state index >= 15 is 0 Å². The number of para-hydroxylation sites is 2. The van der Waals surface area contributed by atoms with Crippen LogP contribution >= 0.6 is 0 Å². The summed E-state index contributed by atoms with van der Waals surface area (Å²) >= 11 is 0. The summed E-state index contributed by atoms with van der Waals surface area (Å²) in [6.45, 7) is 2.25. The van der Waals surface area contributed by atoms with Gasteiger partial charge < -0.3 is 11.1 Å². The Bertz CT molecular complexity index is 588. The van der Waals surface area contributed by atoms with Gasteiger partial charge in [-0.15, -0.1) is 0 Å². The minimum atomic E-state index is 0.101. The molecule has 1 fully saturated rings. The van der Waals surface area contributed by atoms with Crippen LogP contribution in [0.1, 0.15) is 39.0 Å². The molecule has 0 radical (unpaired) electrons. The van der Waals surface area contributed by atoms with E-state index in [-0.39, 0.29) is 5.54 Å². The molecule has 0 aliphatic heterocycles. The van der Waals surface area contributed by atoms with E-state index in [1.54, 1.807) is 0 Å². The van der Waals surface area contributed by atoms with Crippen molar-refractivity contribution in [3.8, 4) is 0 Å². The Kier molecular flexibility index (Phi) is 3.01. The first kappa shape index (κ1) is 12.2. The molecule has 4 nitrogen and oxygen atoms in total. The zero-order valence-electron chi connectivity index (χ0n) is 11.3. The van der Waals surface area contributed by atoms with E-state index in [0.29, 0.717) is 5.82 Å². The van der Waals surface area contributed by atoms with Crippen molar-refractivity contribution in [2.24, 2.45) is 0 Å². The second-order valence-corrected chi connectivity index (χ2v) is 5.69. The van der Waals surface area contributed by atoms with E-state index in [4.69, 9.17) is 5.73 Å². The maximum Gasteiger partial charge on any atom is 0.169 e. The molecule has 4 heteroatoms. The topological polar surface area (TPSA) is 63.8 Å². The van der Waals surface area contributed by atoms with Crippen molar-refractivity contribution in [3.63, 3.8) is 0 Å². The summed E-state index contributed by atoms with van der Waals surface area (Å²) < 4.78 is 0. The monoisotopic (exact) mass is 256 g/mol. The number of aromatic nitrogens is 2. The predicted molar refractivity (Wildman–Crippen MR) is 79.1 cm³/mol. The summed E-state index contributed by atoms with van der Waals surface area (Å²) in [4.78, 5) is 9.04. The summed E-state index contributed by atoms with van der Waals surface area (Å²) in [6.07, 6.45) is 6.20. The number of nitrogens with one attached hydrogen (secondary N) is 1. The van der Waals surface area contributed by atoms with Crippen molar-refractivity contribution < 1.29 is 0 Å². The minimum Gasteiger partial charge on any atom is -0.381 e. The number of rotatable bonds is 2. The molecule has 19 heavy (non-hydrogen) atoms. The Morgan fingerprint density at radius 2 is 1.68 bits per heavy atom. The lowest BCUT2D eigenvalue weighted by Gasteiger charge is -2.35. The highest BCUT2D eigenvalue weighted by Gasteiger charge is 2.27. The van der Waals surface area contributed by atoms with Crippen molar-refractivity contribution in [2.45, 2.75) is 44.6 Å². The lowest BCUT2D eigenvalue weighted by atomic mass is 9.83. The van der Waals surface area contributed by atoms with Gasteiger partial charge in [0, 0.05) is 5.54 Å². The second kappa shape index (κ2) is 4.68. The van der Waals surface area contributed by atoms with E-state index in [9.17, 15) is 0 Å². The van der Waals surface area contributed by atoms with Crippen LogP contribution in [0.2, 0.25) is 0 Å².